The molecule has 1 heterocycles. The van der Waals surface area contributed by atoms with E-state index in [-0.39, 0.29) is 0 Å². The Kier molecular flexibility index (Phi) is 2.22. The van der Waals surface area contributed by atoms with Crippen LogP contribution in [0.2, 0.25) is 5.02 Å². The van der Waals surface area contributed by atoms with Crippen molar-refractivity contribution in [3.63, 3.8) is 0 Å². The molecule has 0 unspecified atom stereocenters. The number of halogens is 1. The second-order valence-corrected chi connectivity index (χ2v) is 4.20. The first-order chi connectivity index (χ1) is 7.84. The average Bonchev–Trinajstić information content (AvgIpc) is 2.73. The Balaban J connectivity index is 2.06. The predicted molar refractivity (Wildman–Crippen MR) is 68.5 cm³/mol. The van der Waals surface area contributed by atoms with Gasteiger partial charge in [-0.3, -0.25) is 0 Å². The number of hydrogen-bond acceptors (Lipinski definition) is 2. The summed E-state index contributed by atoms with van der Waals surface area (Å²) in [6.45, 7) is 0.791. The third kappa shape index (κ3) is 1.51. The molecule has 0 spiro atoms. The van der Waals surface area contributed by atoms with Crippen molar-refractivity contribution in [3.8, 4) is 0 Å². The molecule has 1 aliphatic heterocycles. The molecule has 2 nitrogen and oxygen atoms in total. The molecule has 0 fully saturated rings. The number of nitrogens with one attached hydrogen (secondary N) is 1. The summed E-state index contributed by atoms with van der Waals surface area (Å²) >= 11 is 6.02. The molecule has 1 aliphatic rings. The fraction of sp³-hybridized carbons (Fsp3) is 0.0769. The van der Waals surface area contributed by atoms with Crippen LogP contribution in [0.1, 0.15) is 0 Å². The number of anilines is 3. The quantitative estimate of drug-likeness (QED) is 0.800. The van der Waals surface area contributed by atoms with Crippen molar-refractivity contribution in [3.05, 3.63) is 53.6 Å². The van der Waals surface area contributed by atoms with Gasteiger partial charge in [-0.25, -0.2) is 0 Å². The van der Waals surface area contributed by atoms with Crippen LogP contribution in [-0.2, 0) is 0 Å². The van der Waals surface area contributed by atoms with Crippen LogP contribution < -0.4 is 10.2 Å². The fourth-order valence-corrected chi connectivity index (χ4v) is 2.13. The highest BCUT2D eigenvalue weighted by Gasteiger charge is 2.19. The van der Waals surface area contributed by atoms with Gasteiger partial charge in [0.05, 0.1) is 18.0 Å². The third-order valence-electron chi connectivity index (χ3n) is 2.75. The molecule has 2 aromatic rings. The zero-order chi connectivity index (χ0) is 11.0. The summed E-state index contributed by atoms with van der Waals surface area (Å²) in [6.07, 6.45) is 0. The van der Waals surface area contributed by atoms with E-state index >= 15 is 0 Å². The van der Waals surface area contributed by atoms with Crippen LogP contribution in [0, 0.1) is 0 Å². The van der Waals surface area contributed by atoms with Crippen LogP contribution >= 0.6 is 11.6 Å². The first-order valence-electron chi connectivity index (χ1n) is 5.20. The highest BCUT2D eigenvalue weighted by Crippen LogP contribution is 2.38. The van der Waals surface area contributed by atoms with Gasteiger partial charge in [0.15, 0.2) is 0 Å². The molecule has 80 valence electrons. The van der Waals surface area contributed by atoms with E-state index < -0.39 is 0 Å². The number of rotatable bonds is 1. The van der Waals surface area contributed by atoms with E-state index in [2.05, 4.69) is 22.3 Å². The molecule has 0 saturated carbocycles. The molecule has 3 heteroatoms. The number of benzene rings is 2. The molecular weight excluding hydrogens is 220 g/mol. The lowest BCUT2D eigenvalue weighted by atomic mass is 10.2. The lowest BCUT2D eigenvalue weighted by Crippen LogP contribution is -2.16. The topological polar surface area (TPSA) is 15.3 Å². The lowest BCUT2D eigenvalue weighted by Gasteiger charge is -2.17. The zero-order valence-electron chi connectivity index (χ0n) is 8.65. The minimum absolute atomic E-state index is 0.767. The lowest BCUT2D eigenvalue weighted by molar-refractivity contribution is 1.10. The zero-order valence-corrected chi connectivity index (χ0v) is 9.41. The first-order valence-corrected chi connectivity index (χ1v) is 5.58. The maximum Gasteiger partial charge on any atom is 0.0926 e. The molecule has 3 rings (SSSR count). The Bertz CT molecular complexity index is 511. The second-order valence-electron chi connectivity index (χ2n) is 3.76. The SMILES string of the molecule is Clc1ccc2c(c1)N(c1ccccc1)CN2. The monoisotopic (exact) mass is 230 g/mol. The minimum Gasteiger partial charge on any atom is -0.366 e. The van der Waals surface area contributed by atoms with Crippen LogP contribution in [0.25, 0.3) is 0 Å². The van der Waals surface area contributed by atoms with Crippen molar-refractivity contribution in [2.24, 2.45) is 0 Å². The molecule has 0 bridgehead atoms. The summed E-state index contributed by atoms with van der Waals surface area (Å²) in [5, 5.41) is 4.11. The van der Waals surface area contributed by atoms with Gasteiger partial charge in [-0.05, 0) is 30.3 Å². The second kappa shape index (κ2) is 3.72. The summed E-state index contributed by atoms with van der Waals surface area (Å²) in [6, 6.07) is 16.2. The van der Waals surface area contributed by atoms with Crippen LogP contribution in [0.5, 0.6) is 0 Å². The summed E-state index contributed by atoms with van der Waals surface area (Å²) in [7, 11) is 0. The molecule has 1 N–H and O–H groups in total. The van der Waals surface area contributed by atoms with E-state index in [9.17, 15) is 0 Å². The number of hydrogen-bond donors (Lipinski definition) is 1. The fourth-order valence-electron chi connectivity index (χ4n) is 1.97. The maximum atomic E-state index is 6.02. The van der Waals surface area contributed by atoms with E-state index in [0.29, 0.717) is 0 Å². The van der Waals surface area contributed by atoms with E-state index in [1.807, 2.05) is 36.4 Å². The highest BCUT2D eigenvalue weighted by atomic mass is 35.5. The number of fused-ring (bicyclic) bond motifs is 1. The van der Waals surface area contributed by atoms with Crippen molar-refractivity contribution in [2.75, 3.05) is 16.9 Å². The van der Waals surface area contributed by atoms with Crippen LogP contribution in [0.4, 0.5) is 17.1 Å². The summed E-state index contributed by atoms with van der Waals surface area (Å²) in [5.74, 6) is 0. The highest BCUT2D eigenvalue weighted by molar-refractivity contribution is 6.31. The predicted octanol–water partition coefficient (Wildman–Crippen LogP) is 3.86. The molecule has 16 heavy (non-hydrogen) atoms. The van der Waals surface area contributed by atoms with E-state index in [1.165, 1.54) is 5.69 Å². The Morgan fingerprint density at radius 2 is 1.88 bits per heavy atom. The molecule has 0 aliphatic carbocycles. The summed E-state index contributed by atoms with van der Waals surface area (Å²) in [4.78, 5) is 2.21. The van der Waals surface area contributed by atoms with E-state index in [4.69, 9.17) is 11.6 Å². The van der Waals surface area contributed by atoms with Crippen molar-refractivity contribution in [2.45, 2.75) is 0 Å². The van der Waals surface area contributed by atoms with Gasteiger partial charge in [-0.15, -0.1) is 0 Å². The average molecular weight is 231 g/mol. The smallest absolute Gasteiger partial charge is 0.0926 e. The maximum absolute atomic E-state index is 6.02. The van der Waals surface area contributed by atoms with Gasteiger partial charge >= 0.3 is 0 Å². The molecule has 0 aromatic heterocycles. The van der Waals surface area contributed by atoms with Gasteiger partial charge in [0.2, 0.25) is 0 Å². The Hall–Kier alpha value is -1.67. The Morgan fingerprint density at radius 1 is 1.06 bits per heavy atom. The van der Waals surface area contributed by atoms with Crippen molar-refractivity contribution >= 4 is 28.7 Å². The van der Waals surface area contributed by atoms with Crippen molar-refractivity contribution < 1.29 is 0 Å². The van der Waals surface area contributed by atoms with Crippen molar-refractivity contribution in [1.82, 2.24) is 0 Å². The molecular formula is C13H11ClN2. The molecule has 0 radical (unpaired) electrons. The van der Waals surface area contributed by atoms with E-state index in [1.54, 1.807) is 0 Å². The molecule has 2 aromatic carbocycles. The first kappa shape index (κ1) is 9.55. The number of nitrogens with zero attached hydrogens (tertiary/aromatic N) is 1. The Morgan fingerprint density at radius 3 is 2.69 bits per heavy atom. The minimum atomic E-state index is 0.767. The van der Waals surface area contributed by atoms with Gasteiger partial charge < -0.3 is 10.2 Å². The van der Waals surface area contributed by atoms with Gasteiger partial charge in [0.25, 0.3) is 0 Å². The van der Waals surface area contributed by atoms with E-state index in [0.717, 1.165) is 23.1 Å². The van der Waals surface area contributed by atoms with Crippen LogP contribution in [-0.4, -0.2) is 6.67 Å². The van der Waals surface area contributed by atoms with Crippen LogP contribution in [0.15, 0.2) is 48.5 Å². The molecule has 0 amide bonds. The van der Waals surface area contributed by atoms with Crippen LogP contribution in [0.3, 0.4) is 0 Å². The normalized spacial score (nSPS) is 13.4. The molecule has 0 saturated heterocycles. The van der Waals surface area contributed by atoms with Gasteiger partial charge in [0, 0.05) is 10.7 Å². The third-order valence-corrected chi connectivity index (χ3v) is 2.98. The van der Waals surface area contributed by atoms with Gasteiger partial charge in [-0.2, -0.15) is 0 Å². The number of para-hydroxylation sites is 1. The van der Waals surface area contributed by atoms with Gasteiger partial charge in [0.1, 0.15) is 0 Å². The van der Waals surface area contributed by atoms with Gasteiger partial charge in [-0.1, -0.05) is 29.8 Å². The summed E-state index contributed by atoms with van der Waals surface area (Å²) < 4.78 is 0. The largest absolute Gasteiger partial charge is 0.366 e. The van der Waals surface area contributed by atoms with Crippen molar-refractivity contribution in [1.29, 1.82) is 0 Å². The summed E-state index contributed by atoms with van der Waals surface area (Å²) in [5.41, 5.74) is 3.45. The Labute approximate surface area is 99.5 Å². The molecule has 0 atom stereocenters. The standard InChI is InChI=1S/C13H11ClN2/c14-10-6-7-12-13(8-10)16(9-15-12)11-4-2-1-3-5-11/h1-8,15H,9H2.